The summed E-state index contributed by atoms with van der Waals surface area (Å²) in [4.78, 5) is 0. The van der Waals surface area contributed by atoms with Gasteiger partial charge in [0.15, 0.2) is 0 Å². The van der Waals surface area contributed by atoms with Crippen LogP contribution in [-0.4, -0.2) is 5.11 Å². The fourth-order valence-corrected chi connectivity index (χ4v) is 2.53. The lowest BCUT2D eigenvalue weighted by molar-refractivity contribution is 0.457. The van der Waals surface area contributed by atoms with Crippen LogP contribution in [0, 0.1) is 0 Å². The van der Waals surface area contributed by atoms with E-state index in [2.05, 4.69) is 32.0 Å². The Morgan fingerprint density at radius 2 is 1.21 bits per heavy atom. The Hall–Kier alpha value is -0.980. The van der Waals surface area contributed by atoms with Crippen molar-refractivity contribution in [2.24, 2.45) is 0 Å². The molecule has 1 aromatic rings. The molecule has 0 aliphatic carbocycles. The van der Waals surface area contributed by atoms with E-state index in [4.69, 9.17) is 0 Å². The second-order valence-corrected chi connectivity index (χ2v) is 5.55. The third-order valence-corrected chi connectivity index (χ3v) is 3.80. The van der Waals surface area contributed by atoms with Gasteiger partial charge < -0.3 is 5.11 Å². The van der Waals surface area contributed by atoms with Crippen LogP contribution in [0.3, 0.4) is 0 Å². The predicted molar refractivity (Wildman–Crippen MR) is 83.8 cm³/mol. The molecule has 19 heavy (non-hydrogen) atoms. The van der Waals surface area contributed by atoms with Crippen molar-refractivity contribution in [3.8, 4) is 5.75 Å². The SMILES string of the molecule is CCCCCCCc1cccc(CCCCC)c1O. The monoisotopic (exact) mass is 262 g/mol. The number of benzene rings is 1. The highest BCUT2D eigenvalue weighted by molar-refractivity contribution is 5.40. The maximum absolute atomic E-state index is 10.3. The molecule has 0 aliphatic heterocycles. The second-order valence-electron chi connectivity index (χ2n) is 5.55. The van der Waals surface area contributed by atoms with Crippen LogP contribution in [0.1, 0.15) is 76.3 Å². The first-order chi connectivity index (χ1) is 9.29. The van der Waals surface area contributed by atoms with Crippen molar-refractivity contribution in [1.29, 1.82) is 0 Å². The van der Waals surface area contributed by atoms with Gasteiger partial charge in [0.05, 0.1) is 0 Å². The summed E-state index contributed by atoms with van der Waals surface area (Å²) in [6, 6.07) is 6.26. The van der Waals surface area contributed by atoms with E-state index in [1.807, 2.05) is 0 Å². The molecule has 0 heterocycles. The van der Waals surface area contributed by atoms with Gasteiger partial charge in [0.1, 0.15) is 5.75 Å². The summed E-state index contributed by atoms with van der Waals surface area (Å²) < 4.78 is 0. The number of hydrogen-bond donors (Lipinski definition) is 1. The third-order valence-electron chi connectivity index (χ3n) is 3.80. The summed E-state index contributed by atoms with van der Waals surface area (Å²) in [5.41, 5.74) is 2.28. The fourth-order valence-electron chi connectivity index (χ4n) is 2.53. The Morgan fingerprint density at radius 1 is 0.737 bits per heavy atom. The van der Waals surface area contributed by atoms with Gasteiger partial charge in [-0.05, 0) is 36.8 Å². The van der Waals surface area contributed by atoms with Gasteiger partial charge in [0, 0.05) is 0 Å². The van der Waals surface area contributed by atoms with Gasteiger partial charge in [0.25, 0.3) is 0 Å². The van der Waals surface area contributed by atoms with Gasteiger partial charge in [0.2, 0.25) is 0 Å². The van der Waals surface area contributed by atoms with E-state index in [1.165, 1.54) is 51.4 Å². The molecule has 0 fully saturated rings. The predicted octanol–water partition coefficient (Wildman–Crippen LogP) is 5.64. The van der Waals surface area contributed by atoms with Crippen LogP contribution in [-0.2, 0) is 12.8 Å². The molecule has 1 N–H and O–H groups in total. The zero-order chi connectivity index (χ0) is 13.9. The first-order valence-corrected chi connectivity index (χ1v) is 8.09. The van der Waals surface area contributed by atoms with Gasteiger partial charge in [-0.15, -0.1) is 0 Å². The van der Waals surface area contributed by atoms with E-state index in [0.29, 0.717) is 5.75 Å². The number of aromatic hydroxyl groups is 1. The first-order valence-electron chi connectivity index (χ1n) is 8.09. The lowest BCUT2D eigenvalue weighted by atomic mass is 9.99. The molecule has 0 spiro atoms. The molecule has 0 saturated carbocycles. The Balaban J connectivity index is 2.42. The van der Waals surface area contributed by atoms with Crippen LogP contribution in [0.2, 0.25) is 0 Å². The second kappa shape index (κ2) is 9.89. The van der Waals surface area contributed by atoms with Crippen LogP contribution in [0.15, 0.2) is 18.2 Å². The molecular weight excluding hydrogens is 232 g/mol. The number of hydrogen-bond acceptors (Lipinski definition) is 1. The lowest BCUT2D eigenvalue weighted by Crippen LogP contribution is -1.92. The van der Waals surface area contributed by atoms with Crippen molar-refractivity contribution in [2.45, 2.75) is 78.1 Å². The van der Waals surface area contributed by atoms with Crippen LogP contribution in [0.5, 0.6) is 5.75 Å². The van der Waals surface area contributed by atoms with E-state index >= 15 is 0 Å². The van der Waals surface area contributed by atoms with E-state index in [9.17, 15) is 5.11 Å². The molecule has 0 bridgehead atoms. The zero-order valence-corrected chi connectivity index (χ0v) is 12.8. The summed E-state index contributed by atoms with van der Waals surface area (Å²) in [7, 11) is 0. The molecule has 1 aromatic carbocycles. The van der Waals surface area contributed by atoms with Crippen LogP contribution >= 0.6 is 0 Å². The average molecular weight is 262 g/mol. The standard InChI is InChI=1S/C18H30O/c1-3-5-7-8-10-13-17-15-11-14-16(18(17)19)12-9-6-4-2/h11,14-15,19H,3-10,12-13H2,1-2H3. The minimum atomic E-state index is 0.564. The molecule has 0 saturated heterocycles. The highest BCUT2D eigenvalue weighted by Gasteiger charge is 2.06. The van der Waals surface area contributed by atoms with Crippen LogP contribution in [0.25, 0.3) is 0 Å². The number of para-hydroxylation sites is 1. The quantitative estimate of drug-likeness (QED) is 0.541. The van der Waals surface area contributed by atoms with Crippen molar-refractivity contribution in [3.05, 3.63) is 29.3 Å². The smallest absolute Gasteiger partial charge is 0.121 e. The fraction of sp³-hybridized carbons (Fsp3) is 0.667. The lowest BCUT2D eigenvalue weighted by Gasteiger charge is -2.09. The van der Waals surface area contributed by atoms with Gasteiger partial charge in [-0.2, -0.15) is 0 Å². The van der Waals surface area contributed by atoms with Crippen LogP contribution in [0.4, 0.5) is 0 Å². The highest BCUT2D eigenvalue weighted by Crippen LogP contribution is 2.26. The largest absolute Gasteiger partial charge is 0.507 e. The first kappa shape index (κ1) is 16.1. The molecule has 0 aromatic heterocycles. The number of rotatable bonds is 10. The minimum Gasteiger partial charge on any atom is -0.507 e. The summed E-state index contributed by atoms with van der Waals surface area (Å²) in [6.07, 6.45) is 12.1. The highest BCUT2D eigenvalue weighted by atomic mass is 16.3. The molecule has 1 nitrogen and oxygen atoms in total. The van der Waals surface area contributed by atoms with Crippen molar-refractivity contribution in [3.63, 3.8) is 0 Å². The zero-order valence-electron chi connectivity index (χ0n) is 12.8. The Bertz CT molecular complexity index is 344. The van der Waals surface area contributed by atoms with Gasteiger partial charge >= 0.3 is 0 Å². The van der Waals surface area contributed by atoms with Gasteiger partial charge in [-0.3, -0.25) is 0 Å². The Morgan fingerprint density at radius 3 is 1.79 bits per heavy atom. The Labute approximate surface area is 119 Å². The molecule has 0 amide bonds. The summed E-state index contributed by atoms with van der Waals surface area (Å²) >= 11 is 0. The molecule has 108 valence electrons. The average Bonchev–Trinajstić information content (AvgIpc) is 2.42. The van der Waals surface area contributed by atoms with Gasteiger partial charge in [-0.25, -0.2) is 0 Å². The van der Waals surface area contributed by atoms with Crippen molar-refractivity contribution in [2.75, 3.05) is 0 Å². The molecule has 0 aliphatic rings. The topological polar surface area (TPSA) is 20.2 Å². The molecule has 0 atom stereocenters. The van der Waals surface area contributed by atoms with E-state index < -0.39 is 0 Å². The number of aryl methyl sites for hydroxylation is 2. The molecule has 0 unspecified atom stereocenters. The van der Waals surface area contributed by atoms with Gasteiger partial charge in [-0.1, -0.05) is 70.6 Å². The normalized spacial score (nSPS) is 10.8. The number of unbranched alkanes of at least 4 members (excludes halogenated alkanes) is 6. The molecule has 1 heteroatoms. The summed E-state index contributed by atoms with van der Waals surface area (Å²) in [5, 5.41) is 10.3. The van der Waals surface area contributed by atoms with E-state index in [-0.39, 0.29) is 0 Å². The molecule has 0 radical (unpaired) electrons. The van der Waals surface area contributed by atoms with Crippen LogP contribution < -0.4 is 0 Å². The minimum absolute atomic E-state index is 0.564. The van der Waals surface area contributed by atoms with E-state index in [0.717, 1.165) is 24.0 Å². The number of phenols is 1. The molecule has 1 rings (SSSR count). The third kappa shape index (κ3) is 6.13. The van der Waals surface area contributed by atoms with E-state index in [1.54, 1.807) is 0 Å². The van der Waals surface area contributed by atoms with Crippen molar-refractivity contribution in [1.82, 2.24) is 0 Å². The maximum Gasteiger partial charge on any atom is 0.121 e. The summed E-state index contributed by atoms with van der Waals surface area (Å²) in [5.74, 6) is 0.564. The number of phenolic OH excluding ortho intramolecular Hbond substituents is 1. The maximum atomic E-state index is 10.3. The van der Waals surface area contributed by atoms with Crippen molar-refractivity contribution < 1.29 is 5.11 Å². The molecular formula is C18H30O. The van der Waals surface area contributed by atoms with Crippen molar-refractivity contribution >= 4 is 0 Å². The summed E-state index contributed by atoms with van der Waals surface area (Å²) in [6.45, 7) is 4.46. The Kier molecular flexibility index (Phi) is 8.36.